The van der Waals surface area contributed by atoms with E-state index in [1.54, 1.807) is 6.07 Å². The fraction of sp³-hybridized carbons (Fsp3) is 0.316. The molecule has 3 aromatic rings. The summed E-state index contributed by atoms with van der Waals surface area (Å²) in [5.41, 5.74) is -0.0133. The number of hydrogen-bond acceptors (Lipinski definition) is 12. The number of phenolic OH excluding ortho intramolecular Hbond substituents is 1. The molecule has 0 fully saturated rings. The van der Waals surface area contributed by atoms with Gasteiger partial charge in [0, 0.05) is 0 Å². The van der Waals surface area contributed by atoms with Crippen LogP contribution in [0.3, 0.4) is 0 Å². The van der Waals surface area contributed by atoms with E-state index in [2.05, 4.69) is 19.7 Å². The first-order chi connectivity index (χ1) is 24.6. The van der Waals surface area contributed by atoms with Crippen molar-refractivity contribution in [2.24, 2.45) is 0 Å². The van der Waals surface area contributed by atoms with E-state index in [0.717, 1.165) is 0 Å². The maximum Gasteiger partial charge on any atom is 0.339 e. The van der Waals surface area contributed by atoms with Crippen LogP contribution in [-0.2, 0) is 28.4 Å². The molecule has 0 aliphatic rings. The van der Waals surface area contributed by atoms with E-state index in [1.165, 1.54) is 61.3 Å². The Morgan fingerprint density at radius 3 is 1.29 bits per heavy atom. The number of rotatable bonds is 22. The van der Waals surface area contributed by atoms with Crippen LogP contribution in [0.25, 0.3) is 10.8 Å². The van der Waals surface area contributed by atoms with Gasteiger partial charge in [-0.05, 0) is 91.8 Å². The summed E-state index contributed by atoms with van der Waals surface area (Å²) in [5, 5.41) is 28.6. The molecule has 3 rings (SSSR count). The summed E-state index contributed by atoms with van der Waals surface area (Å²) in [6.07, 6.45) is 7.84. The minimum Gasteiger partial charge on any atom is -0.508 e. The zero-order valence-corrected chi connectivity index (χ0v) is 28.4. The summed E-state index contributed by atoms with van der Waals surface area (Å²) < 4.78 is 30.9. The number of aromatic hydroxyl groups is 2. The monoisotopic (exact) mass is 708 g/mol. The summed E-state index contributed by atoms with van der Waals surface area (Å²) in [6.45, 7) is 12.3. The molecule has 0 aliphatic heterocycles. The maximum atomic E-state index is 12.6. The van der Waals surface area contributed by atoms with Crippen LogP contribution in [0, 0.1) is 0 Å². The lowest BCUT2D eigenvalue weighted by molar-refractivity contribution is 0.0486. The van der Waals surface area contributed by atoms with Crippen LogP contribution in [-0.4, -0.2) is 78.8 Å². The number of aromatic carboxylic acids is 1. The molecule has 0 unspecified atom stereocenters. The summed E-state index contributed by atoms with van der Waals surface area (Å²) in [4.78, 5) is 48.5. The quantitative estimate of drug-likeness (QED) is 0.0423. The van der Waals surface area contributed by atoms with Crippen LogP contribution in [0.4, 0.5) is 0 Å². The Bertz CT molecular complexity index is 1510. The highest BCUT2D eigenvalue weighted by Crippen LogP contribution is 2.27. The second-order valence-corrected chi connectivity index (χ2v) is 10.6. The number of unbranched alkanes of at least 4 members (excludes halogenated alkanes) is 3. The van der Waals surface area contributed by atoms with Crippen molar-refractivity contribution in [2.75, 3.05) is 39.6 Å². The molecule has 3 N–H and O–H groups in total. The second kappa shape index (κ2) is 23.4. The lowest BCUT2D eigenvalue weighted by Gasteiger charge is -2.11. The second-order valence-electron chi connectivity index (χ2n) is 10.6. The largest absolute Gasteiger partial charge is 0.508 e. The van der Waals surface area contributed by atoms with E-state index in [4.69, 9.17) is 33.5 Å². The minimum atomic E-state index is -1.20. The lowest BCUT2D eigenvalue weighted by Crippen LogP contribution is -2.14. The van der Waals surface area contributed by atoms with Gasteiger partial charge in [-0.1, -0.05) is 25.8 Å². The number of phenols is 2. The number of carbonyl (C=O) groups excluding carboxylic acids is 3. The SMILES string of the molecule is C=COCCCCOC(=O)c1cc(C(=O)OCCCCOC=C)cc(C(=O)OCCCCOC=C)c1.O=C(O)c1cc2cc(O)ccc2cc1O. The number of benzene rings is 3. The van der Waals surface area contributed by atoms with E-state index >= 15 is 0 Å². The zero-order valence-electron chi connectivity index (χ0n) is 28.4. The molecule has 0 bridgehead atoms. The zero-order chi connectivity index (χ0) is 37.4. The smallest absolute Gasteiger partial charge is 0.339 e. The molecule has 0 aliphatic carbocycles. The molecule has 0 heterocycles. The van der Waals surface area contributed by atoms with Gasteiger partial charge in [0.05, 0.1) is 75.1 Å². The molecule has 0 saturated heterocycles. The lowest BCUT2D eigenvalue weighted by atomic mass is 10.1. The fourth-order valence-corrected chi connectivity index (χ4v) is 4.28. The van der Waals surface area contributed by atoms with Crippen molar-refractivity contribution < 1.29 is 62.9 Å². The van der Waals surface area contributed by atoms with Gasteiger partial charge in [0.2, 0.25) is 0 Å². The average Bonchev–Trinajstić information content (AvgIpc) is 3.12. The molecule has 51 heavy (non-hydrogen) atoms. The Hall–Kier alpha value is -5.98. The van der Waals surface area contributed by atoms with Crippen LogP contribution in [0.2, 0.25) is 0 Å². The Kier molecular flexibility index (Phi) is 18.9. The van der Waals surface area contributed by atoms with Crippen molar-refractivity contribution in [1.29, 1.82) is 0 Å². The molecule has 274 valence electrons. The van der Waals surface area contributed by atoms with Crippen molar-refractivity contribution in [2.45, 2.75) is 38.5 Å². The average molecular weight is 709 g/mol. The molecule has 3 aromatic carbocycles. The fourth-order valence-electron chi connectivity index (χ4n) is 4.28. The number of carboxylic acid groups (broad SMARTS) is 1. The molecule has 0 atom stereocenters. The van der Waals surface area contributed by atoms with Crippen LogP contribution in [0.5, 0.6) is 11.5 Å². The molecule has 0 amide bonds. The van der Waals surface area contributed by atoms with Gasteiger partial charge in [-0.15, -0.1) is 0 Å². The predicted octanol–water partition coefficient (Wildman–Crippen LogP) is 6.93. The summed E-state index contributed by atoms with van der Waals surface area (Å²) in [7, 11) is 0. The van der Waals surface area contributed by atoms with E-state index in [9.17, 15) is 29.4 Å². The van der Waals surface area contributed by atoms with Gasteiger partial charge in [0.1, 0.15) is 17.1 Å². The number of hydrogen-bond donors (Lipinski definition) is 3. The molecule has 0 saturated carbocycles. The van der Waals surface area contributed by atoms with Gasteiger partial charge >= 0.3 is 23.9 Å². The van der Waals surface area contributed by atoms with Crippen molar-refractivity contribution in [3.05, 3.63) is 109 Å². The third kappa shape index (κ3) is 15.4. The number of carbonyl (C=O) groups is 4. The number of carboxylic acids is 1. The molecule has 0 aromatic heterocycles. The van der Waals surface area contributed by atoms with Gasteiger partial charge < -0.3 is 43.7 Å². The predicted molar refractivity (Wildman–Crippen MR) is 188 cm³/mol. The molecular weight excluding hydrogens is 664 g/mol. The molecule has 13 heteroatoms. The van der Waals surface area contributed by atoms with Gasteiger partial charge in [-0.2, -0.15) is 0 Å². The third-order valence-electron chi connectivity index (χ3n) is 6.83. The highest BCUT2D eigenvalue weighted by molar-refractivity contribution is 6.00. The first kappa shape index (κ1) is 41.2. The maximum absolute atomic E-state index is 12.6. The standard InChI is InChI=1S/C27H36O9.C11H8O4/c1-4-31-13-7-10-16-34-25(28)22-19-23(26(29)35-17-11-8-14-32-5-2)21-24(20-22)27(30)36-18-12-9-15-33-6-3;12-8-2-1-6-5-10(13)9(11(14)15)4-7(6)3-8/h4-6,19-21H,1-3,7-18H2;1-5,12-13H,(H,14,15). The summed E-state index contributed by atoms with van der Waals surface area (Å²) in [6, 6.07) is 11.2. The number of esters is 3. The third-order valence-corrected chi connectivity index (χ3v) is 6.83. The molecular formula is C38H44O13. The Labute approximate surface area is 296 Å². The van der Waals surface area contributed by atoms with Crippen LogP contribution < -0.4 is 0 Å². The van der Waals surface area contributed by atoms with Gasteiger partial charge in [-0.3, -0.25) is 0 Å². The summed E-state index contributed by atoms with van der Waals surface area (Å²) in [5.74, 6) is -3.40. The molecule has 0 radical (unpaired) electrons. The minimum absolute atomic E-state index is 0.0532. The van der Waals surface area contributed by atoms with E-state index in [0.29, 0.717) is 69.1 Å². The highest BCUT2D eigenvalue weighted by atomic mass is 16.5. The van der Waals surface area contributed by atoms with Gasteiger partial charge in [-0.25, -0.2) is 19.2 Å². The normalized spacial score (nSPS) is 10.1. The van der Waals surface area contributed by atoms with Crippen LogP contribution in [0.15, 0.2) is 87.1 Å². The van der Waals surface area contributed by atoms with Crippen molar-refractivity contribution in [3.63, 3.8) is 0 Å². The van der Waals surface area contributed by atoms with E-state index in [1.807, 2.05) is 0 Å². The van der Waals surface area contributed by atoms with Crippen molar-refractivity contribution in [3.8, 4) is 11.5 Å². The van der Waals surface area contributed by atoms with Gasteiger partial charge in [0.15, 0.2) is 0 Å². The summed E-state index contributed by atoms with van der Waals surface area (Å²) >= 11 is 0. The van der Waals surface area contributed by atoms with Gasteiger partial charge in [0.25, 0.3) is 0 Å². The topological polar surface area (TPSA) is 184 Å². The van der Waals surface area contributed by atoms with E-state index < -0.39 is 23.9 Å². The Morgan fingerprint density at radius 1 is 0.529 bits per heavy atom. The Morgan fingerprint density at radius 2 is 0.922 bits per heavy atom. The van der Waals surface area contributed by atoms with Crippen LogP contribution in [0.1, 0.15) is 80.0 Å². The highest BCUT2D eigenvalue weighted by Gasteiger charge is 2.19. The van der Waals surface area contributed by atoms with E-state index in [-0.39, 0.29) is 53.6 Å². The molecule has 0 spiro atoms. The first-order valence-electron chi connectivity index (χ1n) is 16.1. The molecule has 13 nitrogen and oxygen atoms in total. The number of fused-ring (bicyclic) bond motifs is 1. The van der Waals surface area contributed by atoms with Crippen molar-refractivity contribution in [1.82, 2.24) is 0 Å². The first-order valence-corrected chi connectivity index (χ1v) is 16.1. The van der Waals surface area contributed by atoms with Crippen molar-refractivity contribution >= 4 is 34.6 Å². The number of ether oxygens (including phenoxy) is 6. The Balaban J connectivity index is 0.000000493. The van der Waals surface area contributed by atoms with Crippen LogP contribution >= 0.6 is 0 Å².